The van der Waals surface area contributed by atoms with Gasteiger partial charge in [0.2, 0.25) is 5.91 Å². The van der Waals surface area contributed by atoms with E-state index in [1.807, 2.05) is 49.4 Å². The number of aromatic nitrogens is 1. The van der Waals surface area contributed by atoms with E-state index in [9.17, 15) is 14.0 Å². The molecular formula is C28H26FN3O3. The average Bonchev–Trinajstić information content (AvgIpc) is 3.09. The summed E-state index contributed by atoms with van der Waals surface area (Å²) in [6, 6.07) is 16.0. The number of fused-ring (bicyclic) bond motifs is 1. The Bertz CT molecular complexity index is 1300. The molecule has 0 atom stereocenters. The minimum Gasteiger partial charge on any atom is -0.481 e. The minimum absolute atomic E-state index is 0.0434. The first-order valence-corrected chi connectivity index (χ1v) is 11.3. The van der Waals surface area contributed by atoms with E-state index in [0.717, 1.165) is 44.7 Å². The Hall–Kier alpha value is -4.26. The van der Waals surface area contributed by atoms with Gasteiger partial charge in [0, 0.05) is 31.2 Å². The van der Waals surface area contributed by atoms with E-state index >= 15 is 0 Å². The number of hydrogen-bond acceptors (Lipinski definition) is 4. The number of aliphatic carboxylic acids is 1. The highest BCUT2D eigenvalue weighted by molar-refractivity contribution is 6.08. The maximum Gasteiger partial charge on any atom is 0.305 e. The maximum absolute atomic E-state index is 14.1. The smallest absolute Gasteiger partial charge is 0.305 e. The van der Waals surface area contributed by atoms with Crippen LogP contribution in [0.15, 0.2) is 72.6 Å². The van der Waals surface area contributed by atoms with Crippen molar-refractivity contribution in [1.29, 1.82) is 0 Å². The number of carboxylic acids is 1. The monoisotopic (exact) mass is 471 g/mol. The van der Waals surface area contributed by atoms with Crippen molar-refractivity contribution in [3.05, 3.63) is 101 Å². The summed E-state index contributed by atoms with van der Waals surface area (Å²) in [5.41, 5.74) is 7.00. The molecule has 0 bridgehead atoms. The Morgan fingerprint density at radius 3 is 2.60 bits per heavy atom. The van der Waals surface area contributed by atoms with Crippen molar-refractivity contribution in [1.82, 2.24) is 10.3 Å². The van der Waals surface area contributed by atoms with Crippen LogP contribution in [0.25, 0.3) is 17.2 Å². The molecule has 0 aliphatic heterocycles. The fourth-order valence-corrected chi connectivity index (χ4v) is 4.09. The van der Waals surface area contributed by atoms with E-state index in [0.29, 0.717) is 13.1 Å². The number of carbonyl (C=O) groups excluding carboxylic acids is 1. The van der Waals surface area contributed by atoms with E-state index < -0.39 is 5.97 Å². The van der Waals surface area contributed by atoms with Gasteiger partial charge in [-0.15, -0.1) is 0 Å². The second-order valence-corrected chi connectivity index (χ2v) is 8.36. The van der Waals surface area contributed by atoms with Gasteiger partial charge in [0.25, 0.3) is 0 Å². The van der Waals surface area contributed by atoms with Crippen molar-refractivity contribution >= 4 is 34.8 Å². The summed E-state index contributed by atoms with van der Waals surface area (Å²) < 4.78 is 14.1. The minimum atomic E-state index is -0.848. The van der Waals surface area contributed by atoms with Crippen molar-refractivity contribution < 1.29 is 19.1 Å². The van der Waals surface area contributed by atoms with Crippen LogP contribution in [-0.2, 0) is 16.1 Å². The van der Waals surface area contributed by atoms with Crippen LogP contribution in [0.5, 0.6) is 0 Å². The van der Waals surface area contributed by atoms with Crippen molar-refractivity contribution in [2.45, 2.75) is 26.3 Å². The van der Waals surface area contributed by atoms with Crippen molar-refractivity contribution in [2.24, 2.45) is 0 Å². The van der Waals surface area contributed by atoms with E-state index in [1.54, 1.807) is 18.5 Å². The van der Waals surface area contributed by atoms with Gasteiger partial charge in [0.15, 0.2) is 0 Å². The summed E-state index contributed by atoms with van der Waals surface area (Å²) in [6.07, 6.45) is 5.60. The topological polar surface area (TPSA) is 91.3 Å². The number of benzene rings is 2. The number of halogens is 1. The molecule has 3 N–H and O–H groups in total. The number of rotatable bonds is 9. The molecule has 0 saturated carbocycles. The highest BCUT2D eigenvalue weighted by Gasteiger charge is 2.25. The first-order valence-electron chi connectivity index (χ1n) is 11.3. The van der Waals surface area contributed by atoms with E-state index in [2.05, 4.69) is 15.6 Å². The predicted molar refractivity (Wildman–Crippen MR) is 135 cm³/mol. The molecule has 1 heterocycles. The van der Waals surface area contributed by atoms with E-state index in [4.69, 9.17) is 5.11 Å². The first-order chi connectivity index (χ1) is 16.9. The number of anilines is 1. The van der Waals surface area contributed by atoms with Crippen LogP contribution in [0.1, 0.15) is 42.0 Å². The van der Waals surface area contributed by atoms with Gasteiger partial charge in [0.1, 0.15) is 5.82 Å². The summed E-state index contributed by atoms with van der Waals surface area (Å²) in [5.74, 6) is -1.33. The molecule has 3 aromatic rings. The average molecular weight is 472 g/mol. The molecule has 0 fully saturated rings. The Morgan fingerprint density at radius 2 is 1.89 bits per heavy atom. The van der Waals surface area contributed by atoms with Crippen LogP contribution in [0, 0.1) is 5.82 Å². The third kappa shape index (κ3) is 6.00. The van der Waals surface area contributed by atoms with E-state index in [-0.39, 0.29) is 24.6 Å². The van der Waals surface area contributed by atoms with Gasteiger partial charge >= 0.3 is 5.97 Å². The molecule has 35 heavy (non-hydrogen) atoms. The number of carboxylic acid groups (broad SMARTS) is 1. The second-order valence-electron chi connectivity index (χ2n) is 8.36. The van der Waals surface area contributed by atoms with Crippen molar-refractivity contribution in [2.75, 3.05) is 11.9 Å². The summed E-state index contributed by atoms with van der Waals surface area (Å²) in [6.45, 7) is 2.68. The number of carbonyl (C=O) groups is 2. The van der Waals surface area contributed by atoms with Crippen LogP contribution in [0.4, 0.5) is 10.1 Å². The predicted octanol–water partition coefficient (Wildman–Crippen LogP) is 5.14. The lowest BCUT2D eigenvalue weighted by Gasteiger charge is -2.08. The molecule has 1 amide bonds. The molecule has 1 aliphatic rings. The van der Waals surface area contributed by atoms with Gasteiger partial charge in [0.05, 0.1) is 12.8 Å². The Labute approximate surface area is 203 Å². The number of allylic oxidation sites excluding steroid dienone is 2. The largest absolute Gasteiger partial charge is 0.481 e. The van der Waals surface area contributed by atoms with Gasteiger partial charge in [-0.3, -0.25) is 14.6 Å². The quantitative estimate of drug-likeness (QED) is 0.402. The van der Waals surface area contributed by atoms with Crippen LogP contribution in [0.2, 0.25) is 0 Å². The number of nitrogens with one attached hydrogen (secondary N) is 2. The lowest BCUT2D eigenvalue weighted by molar-refractivity contribution is -0.136. The molecule has 4 rings (SSSR count). The summed E-state index contributed by atoms with van der Waals surface area (Å²) >= 11 is 0. The zero-order valence-electron chi connectivity index (χ0n) is 19.3. The SMILES string of the molecule is CC1=C(CC(=O)NCc2cccnc2)c2cc(F)ccc2C1=Cc1ccc(NCCC(=O)O)cc1. The molecular weight excluding hydrogens is 445 g/mol. The molecule has 0 unspecified atom stereocenters. The number of amides is 1. The normalized spacial score (nSPS) is 13.6. The summed E-state index contributed by atoms with van der Waals surface area (Å²) in [5, 5.41) is 14.8. The molecule has 7 heteroatoms. The number of nitrogens with zero attached hydrogens (tertiary/aromatic N) is 1. The number of hydrogen-bond donors (Lipinski definition) is 3. The maximum atomic E-state index is 14.1. The van der Waals surface area contributed by atoms with Gasteiger partial charge < -0.3 is 15.7 Å². The van der Waals surface area contributed by atoms with E-state index in [1.165, 1.54) is 12.1 Å². The summed E-state index contributed by atoms with van der Waals surface area (Å²) in [4.78, 5) is 27.5. The molecule has 0 spiro atoms. The van der Waals surface area contributed by atoms with Crippen LogP contribution in [0.3, 0.4) is 0 Å². The molecule has 1 aliphatic carbocycles. The Morgan fingerprint density at radius 1 is 1.09 bits per heavy atom. The van der Waals surface area contributed by atoms with Crippen LogP contribution >= 0.6 is 0 Å². The Balaban J connectivity index is 1.54. The standard InChI is InChI=1S/C28H26FN3O3/c1-18-24(13-19-4-7-22(8-5-19)31-12-10-28(34)35)23-9-6-21(29)14-26(23)25(18)15-27(33)32-17-20-3-2-11-30-16-20/h2-9,11,13-14,16,31H,10,12,15,17H2,1H3,(H,32,33)(H,34,35). The van der Waals surface area contributed by atoms with Crippen molar-refractivity contribution in [3.8, 4) is 0 Å². The van der Waals surface area contributed by atoms with Crippen molar-refractivity contribution in [3.63, 3.8) is 0 Å². The zero-order valence-corrected chi connectivity index (χ0v) is 19.3. The molecule has 0 saturated heterocycles. The molecule has 0 radical (unpaired) electrons. The molecule has 2 aromatic carbocycles. The van der Waals surface area contributed by atoms with Crippen LogP contribution in [-0.4, -0.2) is 28.5 Å². The fraction of sp³-hybridized carbons (Fsp3) is 0.179. The lowest BCUT2D eigenvalue weighted by atomic mass is 10.0. The summed E-state index contributed by atoms with van der Waals surface area (Å²) in [7, 11) is 0. The fourth-order valence-electron chi connectivity index (χ4n) is 4.09. The van der Waals surface area contributed by atoms with Gasteiger partial charge in [-0.05, 0) is 82.3 Å². The lowest BCUT2D eigenvalue weighted by Crippen LogP contribution is -2.22. The third-order valence-corrected chi connectivity index (χ3v) is 5.89. The zero-order chi connectivity index (χ0) is 24.8. The van der Waals surface area contributed by atoms with Gasteiger partial charge in [-0.25, -0.2) is 4.39 Å². The Kier molecular flexibility index (Phi) is 7.35. The third-order valence-electron chi connectivity index (χ3n) is 5.89. The molecule has 1 aromatic heterocycles. The first kappa shape index (κ1) is 23.9. The van der Waals surface area contributed by atoms with Gasteiger partial charge in [-0.2, -0.15) is 0 Å². The molecule has 178 valence electrons. The van der Waals surface area contributed by atoms with Gasteiger partial charge in [-0.1, -0.05) is 24.3 Å². The number of pyridine rings is 1. The molecule has 6 nitrogen and oxygen atoms in total. The van der Waals surface area contributed by atoms with Crippen LogP contribution < -0.4 is 10.6 Å². The highest BCUT2D eigenvalue weighted by Crippen LogP contribution is 2.43. The second kappa shape index (κ2) is 10.8. The highest BCUT2D eigenvalue weighted by atomic mass is 19.1.